The Balaban J connectivity index is 2.66. The molecule has 1 aromatic carbocycles. The van der Waals surface area contributed by atoms with Crippen LogP contribution in [0, 0.1) is 5.82 Å². The smallest absolute Gasteiger partial charge is 0.339 e. The molecular weight excluding hydrogens is 209 g/mol. The summed E-state index contributed by atoms with van der Waals surface area (Å²) in [4.78, 5) is 14.8. The highest BCUT2D eigenvalue weighted by Crippen LogP contribution is 2.24. The fraction of sp³-hybridized carbons (Fsp3) is 0. The number of hydrogen-bond donors (Lipinski definition) is 1. The molecule has 0 aliphatic carbocycles. The van der Waals surface area contributed by atoms with Gasteiger partial charge >= 0.3 is 5.97 Å². The predicted molar refractivity (Wildman–Crippen MR) is 56.6 cm³/mol. The van der Waals surface area contributed by atoms with Crippen LogP contribution >= 0.6 is 0 Å². The third kappa shape index (κ3) is 1.77. The lowest BCUT2D eigenvalue weighted by atomic mass is 10.0. The molecule has 16 heavy (non-hydrogen) atoms. The minimum atomic E-state index is -1.28. The number of carboxylic acid groups (broad SMARTS) is 1. The van der Waals surface area contributed by atoms with E-state index in [0.717, 1.165) is 6.07 Å². The SMILES string of the molecule is O=C(O)c1c(F)cccc1-c1cccnc1. The van der Waals surface area contributed by atoms with E-state index in [1.165, 1.54) is 12.3 Å². The zero-order valence-corrected chi connectivity index (χ0v) is 8.22. The molecule has 1 heterocycles. The van der Waals surface area contributed by atoms with Gasteiger partial charge in [0.2, 0.25) is 0 Å². The zero-order valence-electron chi connectivity index (χ0n) is 8.22. The topological polar surface area (TPSA) is 50.2 Å². The number of aromatic carboxylic acids is 1. The van der Waals surface area contributed by atoms with E-state index in [-0.39, 0.29) is 5.56 Å². The molecule has 0 fully saturated rings. The first kappa shape index (κ1) is 10.3. The molecule has 1 aromatic heterocycles. The van der Waals surface area contributed by atoms with E-state index in [0.29, 0.717) is 11.1 Å². The predicted octanol–water partition coefficient (Wildman–Crippen LogP) is 2.59. The maximum absolute atomic E-state index is 13.4. The van der Waals surface area contributed by atoms with E-state index in [1.54, 1.807) is 24.4 Å². The molecular formula is C12H8FNO2. The Morgan fingerprint density at radius 1 is 1.25 bits per heavy atom. The van der Waals surface area contributed by atoms with E-state index >= 15 is 0 Å². The Bertz CT molecular complexity index is 526. The summed E-state index contributed by atoms with van der Waals surface area (Å²) < 4.78 is 13.4. The highest BCUT2D eigenvalue weighted by molar-refractivity contribution is 5.96. The number of aromatic nitrogens is 1. The molecule has 0 amide bonds. The molecule has 0 bridgehead atoms. The lowest BCUT2D eigenvalue weighted by Crippen LogP contribution is -2.03. The fourth-order valence-electron chi connectivity index (χ4n) is 1.50. The molecule has 0 radical (unpaired) electrons. The average Bonchev–Trinajstić information content (AvgIpc) is 2.29. The van der Waals surface area contributed by atoms with Crippen molar-refractivity contribution in [2.45, 2.75) is 0 Å². The van der Waals surface area contributed by atoms with E-state index < -0.39 is 11.8 Å². The van der Waals surface area contributed by atoms with Crippen molar-refractivity contribution >= 4 is 5.97 Å². The second-order valence-corrected chi connectivity index (χ2v) is 3.21. The largest absolute Gasteiger partial charge is 0.478 e. The zero-order chi connectivity index (χ0) is 11.5. The van der Waals surface area contributed by atoms with Crippen LogP contribution in [0.5, 0.6) is 0 Å². The van der Waals surface area contributed by atoms with Crippen LogP contribution in [0.2, 0.25) is 0 Å². The van der Waals surface area contributed by atoms with Crippen LogP contribution in [-0.4, -0.2) is 16.1 Å². The van der Waals surface area contributed by atoms with Gasteiger partial charge < -0.3 is 5.11 Å². The van der Waals surface area contributed by atoms with Crippen molar-refractivity contribution in [3.8, 4) is 11.1 Å². The molecule has 0 aliphatic rings. The van der Waals surface area contributed by atoms with Gasteiger partial charge in [-0.25, -0.2) is 9.18 Å². The Hall–Kier alpha value is -2.23. The summed E-state index contributed by atoms with van der Waals surface area (Å²) in [5.74, 6) is -2.02. The molecule has 2 aromatic rings. The molecule has 0 unspecified atom stereocenters. The Morgan fingerprint density at radius 3 is 2.69 bits per heavy atom. The van der Waals surface area contributed by atoms with Crippen LogP contribution in [0.4, 0.5) is 4.39 Å². The number of carboxylic acids is 1. The standard InChI is InChI=1S/C12H8FNO2/c13-10-5-1-4-9(11(10)12(15)16)8-3-2-6-14-7-8/h1-7H,(H,15,16). The lowest BCUT2D eigenvalue weighted by Gasteiger charge is -2.06. The summed E-state index contributed by atoms with van der Waals surface area (Å²) in [7, 11) is 0. The van der Waals surface area contributed by atoms with Gasteiger partial charge in [-0.15, -0.1) is 0 Å². The third-order valence-electron chi connectivity index (χ3n) is 2.20. The second kappa shape index (κ2) is 4.10. The van der Waals surface area contributed by atoms with E-state index in [1.807, 2.05) is 0 Å². The van der Waals surface area contributed by atoms with Crippen LogP contribution < -0.4 is 0 Å². The lowest BCUT2D eigenvalue weighted by molar-refractivity contribution is 0.0693. The molecule has 0 atom stereocenters. The van der Waals surface area contributed by atoms with Gasteiger partial charge in [-0.3, -0.25) is 4.98 Å². The van der Waals surface area contributed by atoms with Gasteiger partial charge in [0.1, 0.15) is 11.4 Å². The summed E-state index contributed by atoms with van der Waals surface area (Å²) >= 11 is 0. The third-order valence-corrected chi connectivity index (χ3v) is 2.20. The van der Waals surface area contributed by atoms with Crippen molar-refractivity contribution in [2.24, 2.45) is 0 Å². The summed E-state index contributed by atoms with van der Waals surface area (Å²) in [5, 5.41) is 8.95. The number of halogens is 1. The summed E-state index contributed by atoms with van der Waals surface area (Å²) in [6.07, 6.45) is 3.07. The molecule has 0 saturated heterocycles. The van der Waals surface area contributed by atoms with Gasteiger partial charge in [-0.05, 0) is 12.1 Å². The summed E-state index contributed by atoms with van der Waals surface area (Å²) in [6.45, 7) is 0. The number of carbonyl (C=O) groups is 1. The van der Waals surface area contributed by atoms with E-state index in [2.05, 4.69) is 4.98 Å². The van der Waals surface area contributed by atoms with Crippen molar-refractivity contribution in [3.63, 3.8) is 0 Å². The van der Waals surface area contributed by atoms with Gasteiger partial charge in [0.15, 0.2) is 0 Å². The minimum absolute atomic E-state index is 0.324. The molecule has 0 saturated carbocycles. The first-order valence-corrected chi connectivity index (χ1v) is 4.62. The van der Waals surface area contributed by atoms with Gasteiger partial charge in [-0.1, -0.05) is 18.2 Å². The second-order valence-electron chi connectivity index (χ2n) is 3.21. The average molecular weight is 217 g/mol. The number of hydrogen-bond acceptors (Lipinski definition) is 2. The highest BCUT2D eigenvalue weighted by Gasteiger charge is 2.16. The Kier molecular flexibility index (Phi) is 2.64. The van der Waals surface area contributed by atoms with Gasteiger partial charge in [-0.2, -0.15) is 0 Å². The summed E-state index contributed by atoms with van der Waals surface area (Å²) in [6, 6.07) is 7.52. The normalized spacial score (nSPS) is 10.1. The van der Waals surface area contributed by atoms with E-state index in [4.69, 9.17) is 5.11 Å². The highest BCUT2D eigenvalue weighted by atomic mass is 19.1. The summed E-state index contributed by atoms with van der Waals surface area (Å²) in [5.41, 5.74) is 0.593. The molecule has 4 heteroatoms. The van der Waals surface area contributed by atoms with Crippen LogP contribution in [-0.2, 0) is 0 Å². The van der Waals surface area contributed by atoms with E-state index in [9.17, 15) is 9.18 Å². The van der Waals surface area contributed by atoms with Crippen molar-refractivity contribution in [3.05, 3.63) is 54.1 Å². The van der Waals surface area contributed by atoms with Crippen molar-refractivity contribution in [2.75, 3.05) is 0 Å². The van der Waals surface area contributed by atoms with Gasteiger partial charge in [0.25, 0.3) is 0 Å². The molecule has 80 valence electrons. The molecule has 2 rings (SSSR count). The fourth-order valence-corrected chi connectivity index (χ4v) is 1.50. The van der Waals surface area contributed by atoms with Crippen molar-refractivity contribution < 1.29 is 14.3 Å². The molecule has 3 nitrogen and oxygen atoms in total. The van der Waals surface area contributed by atoms with Crippen LogP contribution in [0.3, 0.4) is 0 Å². The number of pyridine rings is 1. The maximum Gasteiger partial charge on any atom is 0.339 e. The first-order chi connectivity index (χ1) is 7.70. The van der Waals surface area contributed by atoms with Crippen molar-refractivity contribution in [1.82, 2.24) is 4.98 Å². The van der Waals surface area contributed by atoms with Crippen LogP contribution in [0.1, 0.15) is 10.4 Å². The molecule has 1 N–H and O–H groups in total. The first-order valence-electron chi connectivity index (χ1n) is 4.62. The van der Waals surface area contributed by atoms with Crippen LogP contribution in [0.15, 0.2) is 42.7 Å². The number of nitrogens with zero attached hydrogens (tertiary/aromatic N) is 1. The van der Waals surface area contributed by atoms with Gasteiger partial charge in [0.05, 0.1) is 0 Å². The Labute approximate surface area is 91.2 Å². The van der Waals surface area contributed by atoms with Crippen molar-refractivity contribution in [1.29, 1.82) is 0 Å². The minimum Gasteiger partial charge on any atom is -0.478 e. The number of benzene rings is 1. The van der Waals surface area contributed by atoms with Gasteiger partial charge in [0, 0.05) is 23.5 Å². The Morgan fingerprint density at radius 2 is 2.06 bits per heavy atom. The number of rotatable bonds is 2. The van der Waals surface area contributed by atoms with Crippen LogP contribution in [0.25, 0.3) is 11.1 Å². The monoisotopic (exact) mass is 217 g/mol. The maximum atomic E-state index is 13.4. The molecule has 0 aliphatic heterocycles. The molecule has 0 spiro atoms. The quantitative estimate of drug-likeness (QED) is 0.841.